The number of hydrogen-bond acceptors (Lipinski definition) is 2. The highest BCUT2D eigenvalue weighted by atomic mass is 19.1. The number of rotatable bonds is 7. The summed E-state index contributed by atoms with van der Waals surface area (Å²) in [5.41, 5.74) is 2.26. The number of nitrogens with zero attached hydrogens (tertiary/aromatic N) is 2. The zero-order valence-electron chi connectivity index (χ0n) is 17.0. The molecule has 0 unspecified atom stereocenters. The molecule has 1 aliphatic rings. The minimum atomic E-state index is -0.284. The summed E-state index contributed by atoms with van der Waals surface area (Å²) in [7, 11) is 0. The van der Waals surface area contributed by atoms with E-state index >= 15 is 0 Å². The van der Waals surface area contributed by atoms with Crippen molar-refractivity contribution in [2.24, 2.45) is 5.92 Å². The topological polar surface area (TPSA) is 52.7 Å². The lowest BCUT2D eigenvalue weighted by Gasteiger charge is -2.35. The maximum Gasteiger partial charge on any atom is 0.324 e. The second-order valence-corrected chi connectivity index (χ2v) is 7.82. The molecule has 154 valence electrons. The highest BCUT2D eigenvalue weighted by Crippen LogP contribution is 2.22. The largest absolute Gasteiger partial charge is 0.352 e. The number of anilines is 1. The van der Waals surface area contributed by atoms with Crippen LogP contribution in [0.2, 0.25) is 0 Å². The van der Waals surface area contributed by atoms with Crippen molar-refractivity contribution in [3.63, 3.8) is 0 Å². The first kappa shape index (κ1) is 20.8. The Bertz CT molecular complexity index is 834. The van der Waals surface area contributed by atoms with E-state index in [0.717, 1.165) is 24.1 Å². The van der Waals surface area contributed by atoms with Gasteiger partial charge in [-0.1, -0.05) is 26.0 Å². The first-order chi connectivity index (χ1) is 13.9. The molecule has 1 aliphatic heterocycles. The Balaban J connectivity index is 1.62. The summed E-state index contributed by atoms with van der Waals surface area (Å²) in [6.07, 6.45) is 1.79. The molecule has 0 aromatic heterocycles. The molecular weight excluding hydrogens is 369 g/mol. The van der Waals surface area contributed by atoms with Crippen LogP contribution < -0.4 is 10.2 Å². The minimum absolute atomic E-state index is 0.0743. The number of benzene rings is 2. The first-order valence-corrected chi connectivity index (χ1v) is 10.1. The Morgan fingerprint density at radius 2 is 1.76 bits per heavy atom. The lowest BCUT2D eigenvalue weighted by atomic mass is 10.1. The molecule has 2 aromatic carbocycles. The Hall–Kier alpha value is -2.89. The SMILES string of the molecule is CC(C)CCNC(=O)c1ccc(N2CCCN(Cc3ccc(F)cc3)C2=O)cc1. The van der Waals surface area contributed by atoms with E-state index in [9.17, 15) is 14.0 Å². The van der Waals surface area contributed by atoms with Crippen LogP contribution in [0.3, 0.4) is 0 Å². The third kappa shape index (κ3) is 5.56. The second-order valence-electron chi connectivity index (χ2n) is 7.82. The van der Waals surface area contributed by atoms with E-state index in [1.165, 1.54) is 12.1 Å². The van der Waals surface area contributed by atoms with E-state index < -0.39 is 0 Å². The number of carbonyl (C=O) groups excluding carboxylic acids is 2. The van der Waals surface area contributed by atoms with Crippen molar-refractivity contribution < 1.29 is 14.0 Å². The summed E-state index contributed by atoms with van der Waals surface area (Å²) in [4.78, 5) is 28.6. The zero-order valence-corrected chi connectivity index (χ0v) is 17.0. The van der Waals surface area contributed by atoms with Crippen molar-refractivity contribution in [1.82, 2.24) is 10.2 Å². The molecule has 0 aliphatic carbocycles. The molecule has 0 bridgehead atoms. The van der Waals surface area contributed by atoms with Crippen LogP contribution in [0.5, 0.6) is 0 Å². The van der Waals surface area contributed by atoms with Crippen molar-refractivity contribution in [1.29, 1.82) is 0 Å². The quantitative estimate of drug-likeness (QED) is 0.751. The molecule has 3 rings (SSSR count). The lowest BCUT2D eigenvalue weighted by Crippen LogP contribution is -2.49. The average molecular weight is 397 g/mol. The maximum absolute atomic E-state index is 13.1. The van der Waals surface area contributed by atoms with Gasteiger partial charge in [0.2, 0.25) is 0 Å². The predicted octanol–water partition coefficient (Wildman–Crippen LogP) is 4.43. The monoisotopic (exact) mass is 397 g/mol. The van der Waals surface area contributed by atoms with Crippen LogP contribution in [0.15, 0.2) is 48.5 Å². The van der Waals surface area contributed by atoms with Crippen molar-refractivity contribution in [2.75, 3.05) is 24.5 Å². The van der Waals surface area contributed by atoms with Crippen LogP contribution in [0.1, 0.15) is 42.6 Å². The van der Waals surface area contributed by atoms with Gasteiger partial charge in [-0.05, 0) is 60.7 Å². The number of nitrogens with one attached hydrogen (secondary N) is 1. The first-order valence-electron chi connectivity index (χ1n) is 10.1. The van der Waals surface area contributed by atoms with Crippen LogP contribution in [-0.2, 0) is 6.54 Å². The molecule has 29 heavy (non-hydrogen) atoms. The van der Waals surface area contributed by atoms with Gasteiger partial charge in [-0.25, -0.2) is 9.18 Å². The Morgan fingerprint density at radius 1 is 1.07 bits per heavy atom. The van der Waals surface area contributed by atoms with Gasteiger partial charge in [-0.15, -0.1) is 0 Å². The number of urea groups is 1. The van der Waals surface area contributed by atoms with Gasteiger partial charge in [-0.2, -0.15) is 0 Å². The molecule has 6 heteroatoms. The fraction of sp³-hybridized carbons (Fsp3) is 0.391. The summed E-state index contributed by atoms with van der Waals surface area (Å²) in [6, 6.07) is 13.3. The van der Waals surface area contributed by atoms with E-state index in [0.29, 0.717) is 37.7 Å². The molecule has 2 aromatic rings. The van der Waals surface area contributed by atoms with Gasteiger partial charge in [0.1, 0.15) is 5.82 Å². The van der Waals surface area contributed by atoms with Gasteiger partial charge >= 0.3 is 6.03 Å². The summed E-state index contributed by atoms with van der Waals surface area (Å²) < 4.78 is 13.1. The molecule has 0 radical (unpaired) electrons. The van der Waals surface area contributed by atoms with Gasteiger partial charge in [0.15, 0.2) is 0 Å². The van der Waals surface area contributed by atoms with Crippen molar-refractivity contribution >= 4 is 17.6 Å². The lowest BCUT2D eigenvalue weighted by molar-refractivity contribution is 0.0952. The number of amides is 3. The Kier molecular flexibility index (Phi) is 6.86. The fourth-order valence-corrected chi connectivity index (χ4v) is 3.35. The molecule has 0 spiro atoms. The summed E-state index contributed by atoms with van der Waals surface area (Å²) >= 11 is 0. The summed E-state index contributed by atoms with van der Waals surface area (Å²) in [5.74, 6) is 0.162. The molecule has 1 fully saturated rings. The minimum Gasteiger partial charge on any atom is -0.352 e. The van der Waals surface area contributed by atoms with Gasteiger partial charge in [0, 0.05) is 37.4 Å². The van der Waals surface area contributed by atoms with E-state index in [4.69, 9.17) is 0 Å². The van der Waals surface area contributed by atoms with E-state index in [1.807, 2.05) is 12.1 Å². The second kappa shape index (κ2) is 9.54. The normalized spacial score (nSPS) is 14.4. The van der Waals surface area contributed by atoms with Crippen LogP contribution in [-0.4, -0.2) is 36.5 Å². The molecule has 1 saturated heterocycles. The molecule has 5 nitrogen and oxygen atoms in total. The summed E-state index contributed by atoms with van der Waals surface area (Å²) in [5, 5.41) is 2.92. The molecule has 1 N–H and O–H groups in total. The average Bonchev–Trinajstić information content (AvgIpc) is 2.71. The molecule has 3 amide bonds. The third-order valence-corrected chi connectivity index (χ3v) is 5.05. The molecule has 0 saturated carbocycles. The molecular formula is C23H28FN3O2. The van der Waals surface area contributed by atoms with Crippen LogP contribution in [0.4, 0.5) is 14.9 Å². The van der Waals surface area contributed by atoms with Crippen LogP contribution in [0, 0.1) is 11.7 Å². The predicted molar refractivity (Wildman–Crippen MR) is 112 cm³/mol. The van der Waals surface area contributed by atoms with Gasteiger partial charge in [-0.3, -0.25) is 9.69 Å². The smallest absolute Gasteiger partial charge is 0.324 e. The van der Waals surface area contributed by atoms with Crippen molar-refractivity contribution in [3.05, 3.63) is 65.5 Å². The van der Waals surface area contributed by atoms with E-state index in [-0.39, 0.29) is 17.8 Å². The zero-order chi connectivity index (χ0) is 20.8. The Labute approximate surface area is 171 Å². The standard InChI is InChI=1S/C23H28FN3O2/c1-17(2)12-13-25-22(28)19-6-10-21(11-7-19)27-15-3-14-26(23(27)29)16-18-4-8-20(24)9-5-18/h4-11,17H,3,12-16H2,1-2H3,(H,25,28). The number of hydrogen-bond donors (Lipinski definition) is 1. The highest BCUT2D eigenvalue weighted by Gasteiger charge is 2.26. The summed E-state index contributed by atoms with van der Waals surface area (Å²) in [6.45, 7) is 6.65. The van der Waals surface area contributed by atoms with Gasteiger partial charge in [0.05, 0.1) is 0 Å². The van der Waals surface area contributed by atoms with E-state index in [1.54, 1.807) is 34.1 Å². The van der Waals surface area contributed by atoms with Crippen molar-refractivity contribution in [3.8, 4) is 0 Å². The molecule has 1 heterocycles. The van der Waals surface area contributed by atoms with Crippen molar-refractivity contribution in [2.45, 2.75) is 33.2 Å². The van der Waals surface area contributed by atoms with E-state index in [2.05, 4.69) is 19.2 Å². The number of halogens is 1. The van der Waals surface area contributed by atoms with Crippen LogP contribution in [0.25, 0.3) is 0 Å². The van der Waals surface area contributed by atoms with Gasteiger partial charge < -0.3 is 10.2 Å². The molecule has 0 atom stereocenters. The van der Waals surface area contributed by atoms with Gasteiger partial charge in [0.25, 0.3) is 5.91 Å². The maximum atomic E-state index is 13.1. The fourth-order valence-electron chi connectivity index (χ4n) is 3.35. The number of carbonyl (C=O) groups is 2. The Morgan fingerprint density at radius 3 is 2.41 bits per heavy atom. The third-order valence-electron chi connectivity index (χ3n) is 5.05. The van der Waals surface area contributed by atoms with Crippen LogP contribution >= 0.6 is 0 Å². The highest BCUT2D eigenvalue weighted by molar-refractivity contribution is 5.96.